The van der Waals surface area contributed by atoms with Crippen LogP contribution in [0.3, 0.4) is 0 Å². The SMILES string of the molecule is CC(C)c1nc2ccc(C(C)C(=O)O)cc2[nH]1. The smallest absolute Gasteiger partial charge is 0.310 e. The first-order valence-electron chi connectivity index (χ1n) is 5.71. The summed E-state index contributed by atoms with van der Waals surface area (Å²) in [7, 11) is 0. The number of nitrogens with one attached hydrogen (secondary N) is 1. The zero-order chi connectivity index (χ0) is 12.6. The number of carboxylic acids is 1. The molecular weight excluding hydrogens is 216 g/mol. The van der Waals surface area contributed by atoms with Gasteiger partial charge >= 0.3 is 5.97 Å². The Kier molecular flexibility index (Phi) is 2.88. The fourth-order valence-electron chi connectivity index (χ4n) is 1.73. The number of hydrogen-bond acceptors (Lipinski definition) is 2. The van der Waals surface area contributed by atoms with Gasteiger partial charge in [0.05, 0.1) is 17.0 Å². The highest BCUT2D eigenvalue weighted by atomic mass is 16.4. The van der Waals surface area contributed by atoms with Crippen LogP contribution in [-0.2, 0) is 4.79 Å². The molecule has 0 radical (unpaired) electrons. The lowest BCUT2D eigenvalue weighted by Gasteiger charge is -2.05. The van der Waals surface area contributed by atoms with Crippen molar-refractivity contribution in [3.8, 4) is 0 Å². The lowest BCUT2D eigenvalue weighted by molar-refractivity contribution is -0.138. The molecule has 1 aromatic carbocycles. The maximum Gasteiger partial charge on any atom is 0.310 e. The minimum atomic E-state index is -0.812. The normalized spacial score (nSPS) is 13.2. The molecule has 0 bridgehead atoms. The summed E-state index contributed by atoms with van der Waals surface area (Å²) in [5.41, 5.74) is 2.58. The van der Waals surface area contributed by atoms with Crippen LogP contribution < -0.4 is 0 Å². The molecule has 0 spiro atoms. The molecule has 4 nitrogen and oxygen atoms in total. The number of aromatic amines is 1. The number of rotatable bonds is 3. The van der Waals surface area contributed by atoms with E-state index in [4.69, 9.17) is 5.11 Å². The number of hydrogen-bond donors (Lipinski definition) is 2. The summed E-state index contributed by atoms with van der Waals surface area (Å²) in [6, 6.07) is 5.56. The Bertz CT molecular complexity index is 558. The molecule has 0 fully saturated rings. The molecule has 2 rings (SSSR count). The van der Waals surface area contributed by atoms with E-state index < -0.39 is 11.9 Å². The van der Waals surface area contributed by atoms with Crippen molar-refractivity contribution in [1.29, 1.82) is 0 Å². The Morgan fingerprint density at radius 1 is 1.35 bits per heavy atom. The second-order valence-electron chi connectivity index (χ2n) is 4.61. The summed E-state index contributed by atoms with van der Waals surface area (Å²) in [6.45, 7) is 5.82. The van der Waals surface area contributed by atoms with Gasteiger partial charge in [-0.05, 0) is 24.6 Å². The van der Waals surface area contributed by atoms with E-state index >= 15 is 0 Å². The van der Waals surface area contributed by atoms with E-state index in [0.717, 1.165) is 22.4 Å². The van der Waals surface area contributed by atoms with E-state index in [1.807, 2.05) is 18.2 Å². The monoisotopic (exact) mass is 232 g/mol. The maximum absolute atomic E-state index is 10.9. The van der Waals surface area contributed by atoms with E-state index in [1.165, 1.54) is 0 Å². The van der Waals surface area contributed by atoms with E-state index in [-0.39, 0.29) is 0 Å². The molecule has 0 aliphatic rings. The van der Waals surface area contributed by atoms with Crippen molar-refractivity contribution in [2.45, 2.75) is 32.6 Å². The van der Waals surface area contributed by atoms with Crippen molar-refractivity contribution in [1.82, 2.24) is 9.97 Å². The second-order valence-corrected chi connectivity index (χ2v) is 4.61. The summed E-state index contributed by atoms with van der Waals surface area (Å²) in [5, 5.41) is 8.98. The third-order valence-corrected chi connectivity index (χ3v) is 2.94. The molecule has 0 aliphatic carbocycles. The van der Waals surface area contributed by atoms with Crippen molar-refractivity contribution >= 4 is 17.0 Å². The number of aromatic nitrogens is 2. The van der Waals surface area contributed by atoms with Gasteiger partial charge in [-0.15, -0.1) is 0 Å². The fraction of sp³-hybridized carbons (Fsp3) is 0.385. The third-order valence-electron chi connectivity index (χ3n) is 2.94. The predicted molar refractivity (Wildman–Crippen MR) is 66.2 cm³/mol. The standard InChI is InChI=1S/C13H16N2O2/c1-7(2)12-14-10-5-4-9(6-11(10)15-12)8(3)13(16)17/h4-8H,1-3H3,(H,14,15)(H,16,17). The quantitative estimate of drug-likeness (QED) is 0.855. The van der Waals surface area contributed by atoms with Crippen LogP contribution in [0.25, 0.3) is 11.0 Å². The largest absolute Gasteiger partial charge is 0.481 e. The van der Waals surface area contributed by atoms with Gasteiger partial charge in [-0.2, -0.15) is 0 Å². The van der Waals surface area contributed by atoms with Gasteiger partial charge in [0.1, 0.15) is 5.82 Å². The Balaban J connectivity index is 2.46. The van der Waals surface area contributed by atoms with Crippen molar-refractivity contribution in [2.75, 3.05) is 0 Å². The predicted octanol–water partition coefficient (Wildman–Crippen LogP) is 2.87. The first-order chi connectivity index (χ1) is 7.99. The highest BCUT2D eigenvalue weighted by molar-refractivity contribution is 5.80. The van der Waals surface area contributed by atoms with E-state index in [2.05, 4.69) is 23.8 Å². The van der Waals surface area contributed by atoms with Gasteiger partial charge in [0.2, 0.25) is 0 Å². The molecule has 0 saturated heterocycles. The number of nitrogens with zero attached hydrogens (tertiary/aromatic N) is 1. The highest BCUT2D eigenvalue weighted by Crippen LogP contribution is 2.22. The Morgan fingerprint density at radius 2 is 2.06 bits per heavy atom. The lowest BCUT2D eigenvalue weighted by Crippen LogP contribution is -2.06. The molecule has 1 atom stereocenters. The molecule has 0 amide bonds. The van der Waals surface area contributed by atoms with Gasteiger partial charge in [-0.3, -0.25) is 4.79 Å². The average molecular weight is 232 g/mol. The van der Waals surface area contributed by atoms with Gasteiger partial charge < -0.3 is 10.1 Å². The Morgan fingerprint density at radius 3 is 2.65 bits per heavy atom. The first kappa shape index (κ1) is 11.6. The molecule has 17 heavy (non-hydrogen) atoms. The van der Waals surface area contributed by atoms with Gasteiger partial charge in [-0.1, -0.05) is 19.9 Å². The van der Waals surface area contributed by atoms with Crippen LogP contribution in [-0.4, -0.2) is 21.0 Å². The molecule has 2 aromatic rings. The summed E-state index contributed by atoms with van der Waals surface area (Å²) >= 11 is 0. The number of carboxylic acid groups (broad SMARTS) is 1. The van der Waals surface area contributed by atoms with Crippen LogP contribution in [0, 0.1) is 0 Å². The van der Waals surface area contributed by atoms with Gasteiger partial charge in [0.15, 0.2) is 0 Å². The zero-order valence-corrected chi connectivity index (χ0v) is 10.2. The number of fused-ring (bicyclic) bond motifs is 1. The summed E-state index contributed by atoms with van der Waals surface area (Å²) < 4.78 is 0. The van der Waals surface area contributed by atoms with Crippen LogP contribution in [0.1, 0.15) is 44.0 Å². The van der Waals surface area contributed by atoms with Crippen LogP contribution in [0.2, 0.25) is 0 Å². The molecule has 4 heteroatoms. The fourth-order valence-corrected chi connectivity index (χ4v) is 1.73. The van der Waals surface area contributed by atoms with Crippen LogP contribution >= 0.6 is 0 Å². The topological polar surface area (TPSA) is 66.0 Å². The number of carbonyl (C=O) groups is 1. The summed E-state index contributed by atoms with van der Waals surface area (Å²) in [4.78, 5) is 18.6. The van der Waals surface area contributed by atoms with Crippen molar-refractivity contribution < 1.29 is 9.90 Å². The van der Waals surface area contributed by atoms with E-state index in [9.17, 15) is 4.79 Å². The minimum Gasteiger partial charge on any atom is -0.481 e. The highest BCUT2D eigenvalue weighted by Gasteiger charge is 2.15. The number of H-pyrrole nitrogens is 1. The molecule has 0 saturated carbocycles. The summed E-state index contributed by atoms with van der Waals surface area (Å²) in [5.74, 6) is -0.0407. The second kappa shape index (κ2) is 4.20. The Labute approximate surface area is 99.7 Å². The van der Waals surface area contributed by atoms with Crippen molar-refractivity contribution in [2.24, 2.45) is 0 Å². The van der Waals surface area contributed by atoms with Crippen LogP contribution in [0.5, 0.6) is 0 Å². The van der Waals surface area contributed by atoms with E-state index in [1.54, 1.807) is 6.92 Å². The van der Waals surface area contributed by atoms with Gasteiger partial charge in [0.25, 0.3) is 0 Å². The first-order valence-corrected chi connectivity index (χ1v) is 5.71. The number of benzene rings is 1. The number of aliphatic carboxylic acids is 1. The van der Waals surface area contributed by atoms with Crippen molar-refractivity contribution in [3.05, 3.63) is 29.6 Å². The maximum atomic E-state index is 10.9. The van der Waals surface area contributed by atoms with Gasteiger partial charge in [0, 0.05) is 5.92 Å². The summed E-state index contributed by atoms with van der Waals surface area (Å²) in [6.07, 6.45) is 0. The molecule has 90 valence electrons. The van der Waals surface area contributed by atoms with Gasteiger partial charge in [-0.25, -0.2) is 4.98 Å². The minimum absolute atomic E-state index is 0.336. The van der Waals surface area contributed by atoms with E-state index in [0.29, 0.717) is 5.92 Å². The van der Waals surface area contributed by atoms with Crippen LogP contribution in [0.4, 0.5) is 0 Å². The van der Waals surface area contributed by atoms with Crippen LogP contribution in [0.15, 0.2) is 18.2 Å². The van der Waals surface area contributed by atoms with Crippen molar-refractivity contribution in [3.63, 3.8) is 0 Å². The molecule has 1 unspecified atom stereocenters. The zero-order valence-electron chi connectivity index (χ0n) is 10.2. The third kappa shape index (κ3) is 2.16. The number of imidazole rings is 1. The molecule has 1 heterocycles. The Hall–Kier alpha value is -1.84. The lowest BCUT2D eigenvalue weighted by atomic mass is 10.0. The average Bonchev–Trinajstić information content (AvgIpc) is 2.70. The molecule has 2 N–H and O–H groups in total. The molecular formula is C13H16N2O2. The molecule has 1 aromatic heterocycles. The molecule has 0 aliphatic heterocycles.